The van der Waals surface area contributed by atoms with Crippen molar-refractivity contribution in [3.8, 4) is 5.75 Å². The Morgan fingerprint density at radius 1 is 1.25 bits per heavy atom. The average Bonchev–Trinajstić information content (AvgIpc) is 2.33. The number of hydrogen-bond acceptors (Lipinski definition) is 2. The zero-order valence-electron chi connectivity index (χ0n) is 13.0. The second-order valence-electron chi connectivity index (χ2n) is 6.90. The molecule has 112 valence electrons. The van der Waals surface area contributed by atoms with Gasteiger partial charge >= 0.3 is 0 Å². The van der Waals surface area contributed by atoms with Crippen molar-refractivity contribution in [3.05, 3.63) is 29.6 Å². The second-order valence-corrected chi connectivity index (χ2v) is 6.90. The Labute approximate surface area is 121 Å². The molecule has 0 radical (unpaired) electrons. The number of benzene rings is 1. The predicted molar refractivity (Wildman–Crippen MR) is 80.6 cm³/mol. The van der Waals surface area contributed by atoms with Gasteiger partial charge in [-0.25, -0.2) is 4.39 Å². The van der Waals surface area contributed by atoms with E-state index in [-0.39, 0.29) is 11.4 Å². The molecule has 0 amide bonds. The van der Waals surface area contributed by atoms with Gasteiger partial charge in [0.05, 0.1) is 7.11 Å². The van der Waals surface area contributed by atoms with E-state index in [0.717, 1.165) is 24.4 Å². The molecular weight excluding hydrogens is 253 g/mol. The van der Waals surface area contributed by atoms with E-state index >= 15 is 0 Å². The third-order valence-electron chi connectivity index (χ3n) is 4.18. The zero-order chi connectivity index (χ0) is 14.8. The van der Waals surface area contributed by atoms with Crippen LogP contribution in [-0.2, 0) is 6.42 Å². The Hall–Kier alpha value is -1.09. The lowest BCUT2D eigenvalue weighted by atomic mass is 9.70. The summed E-state index contributed by atoms with van der Waals surface area (Å²) in [6.07, 6.45) is 3.51. The maximum absolute atomic E-state index is 13.7. The Bertz CT molecular complexity index is 453. The first-order chi connectivity index (χ1) is 9.39. The first-order valence-electron chi connectivity index (χ1n) is 7.46. The molecule has 1 aliphatic carbocycles. The molecule has 2 atom stereocenters. The second kappa shape index (κ2) is 6.13. The zero-order valence-corrected chi connectivity index (χ0v) is 13.0. The minimum atomic E-state index is -0.256. The van der Waals surface area contributed by atoms with Crippen molar-refractivity contribution in [1.82, 2.24) is 5.32 Å². The molecule has 2 unspecified atom stereocenters. The van der Waals surface area contributed by atoms with Gasteiger partial charge in [0.2, 0.25) is 0 Å². The fraction of sp³-hybridized carbons (Fsp3) is 0.647. The van der Waals surface area contributed by atoms with Gasteiger partial charge in [0.1, 0.15) is 0 Å². The Morgan fingerprint density at radius 3 is 2.45 bits per heavy atom. The molecule has 2 nitrogen and oxygen atoms in total. The van der Waals surface area contributed by atoms with E-state index in [1.54, 1.807) is 12.1 Å². The van der Waals surface area contributed by atoms with Crippen LogP contribution in [0.3, 0.4) is 0 Å². The minimum absolute atomic E-state index is 0.173. The van der Waals surface area contributed by atoms with Crippen LogP contribution in [0.4, 0.5) is 4.39 Å². The lowest BCUT2D eigenvalue weighted by Gasteiger charge is -2.39. The summed E-state index contributed by atoms with van der Waals surface area (Å²) in [5.41, 5.74) is 1.25. The van der Waals surface area contributed by atoms with Crippen molar-refractivity contribution in [3.63, 3.8) is 0 Å². The lowest BCUT2D eigenvalue weighted by Crippen LogP contribution is -2.44. The molecule has 0 bridgehead atoms. The van der Waals surface area contributed by atoms with Crippen molar-refractivity contribution in [2.75, 3.05) is 13.7 Å². The van der Waals surface area contributed by atoms with Crippen LogP contribution in [0.2, 0.25) is 0 Å². The summed E-state index contributed by atoms with van der Waals surface area (Å²) in [6.45, 7) is 7.64. The number of methoxy groups -OCH3 is 1. The van der Waals surface area contributed by atoms with Gasteiger partial charge in [-0.3, -0.25) is 0 Å². The third-order valence-corrected chi connectivity index (χ3v) is 4.18. The number of rotatable bonds is 5. The molecule has 0 saturated heterocycles. The SMILES string of the molecule is COc1ccc(CC2CCC2CNC(C)(C)C)cc1F. The summed E-state index contributed by atoms with van der Waals surface area (Å²) in [5.74, 6) is 1.47. The monoisotopic (exact) mass is 279 g/mol. The Kier molecular flexibility index (Phi) is 4.69. The summed E-state index contributed by atoms with van der Waals surface area (Å²) in [7, 11) is 1.50. The van der Waals surface area contributed by atoms with Gasteiger partial charge < -0.3 is 10.1 Å². The molecule has 0 aliphatic heterocycles. The Morgan fingerprint density at radius 2 is 1.95 bits per heavy atom. The summed E-state index contributed by atoms with van der Waals surface area (Å²) < 4.78 is 18.6. The van der Waals surface area contributed by atoms with E-state index in [0.29, 0.717) is 11.7 Å². The van der Waals surface area contributed by atoms with Crippen molar-refractivity contribution >= 4 is 0 Å². The van der Waals surface area contributed by atoms with Crippen molar-refractivity contribution in [2.24, 2.45) is 11.8 Å². The topological polar surface area (TPSA) is 21.3 Å². The van der Waals surface area contributed by atoms with E-state index in [4.69, 9.17) is 4.74 Å². The molecule has 1 aliphatic rings. The summed E-state index contributed by atoms with van der Waals surface area (Å²) in [6, 6.07) is 5.33. The van der Waals surface area contributed by atoms with Crippen LogP contribution >= 0.6 is 0 Å². The van der Waals surface area contributed by atoms with E-state index in [1.807, 2.05) is 6.07 Å². The summed E-state index contributed by atoms with van der Waals surface area (Å²) in [5, 5.41) is 3.58. The van der Waals surface area contributed by atoms with Crippen molar-refractivity contribution in [1.29, 1.82) is 0 Å². The van der Waals surface area contributed by atoms with Crippen molar-refractivity contribution < 1.29 is 9.13 Å². The highest BCUT2D eigenvalue weighted by Crippen LogP contribution is 2.37. The van der Waals surface area contributed by atoms with Crippen LogP contribution < -0.4 is 10.1 Å². The van der Waals surface area contributed by atoms with Crippen LogP contribution in [0.5, 0.6) is 5.75 Å². The molecule has 1 saturated carbocycles. The number of nitrogens with one attached hydrogen (secondary N) is 1. The van der Waals surface area contributed by atoms with Gasteiger partial charge in [0.25, 0.3) is 0 Å². The molecule has 2 rings (SSSR count). The molecular formula is C17H26FNO. The van der Waals surface area contributed by atoms with Gasteiger partial charge in [0, 0.05) is 5.54 Å². The number of hydrogen-bond donors (Lipinski definition) is 1. The van der Waals surface area contributed by atoms with Crippen LogP contribution in [0.15, 0.2) is 18.2 Å². The van der Waals surface area contributed by atoms with Gasteiger partial charge in [-0.1, -0.05) is 6.07 Å². The van der Waals surface area contributed by atoms with Crippen LogP contribution in [0.25, 0.3) is 0 Å². The van der Waals surface area contributed by atoms with Crippen LogP contribution in [0.1, 0.15) is 39.2 Å². The quantitative estimate of drug-likeness (QED) is 0.885. The number of halogens is 1. The van der Waals surface area contributed by atoms with Gasteiger partial charge in [-0.05, 0) is 76.1 Å². The van der Waals surface area contributed by atoms with E-state index in [2.05, 4.69) is 26.1 Å². The Balaban J connectivity index is 1.89. The highest BCUT2D eigenvalue weighted by molar-refractivity contribution is 5.29. The normalized spacial score (nSPS) is 22.4. The molecule has 1 N–H and O–H groups in total. The van der Waals surface area contributed by atoms with E-state index in [1.165, 1.54) is 20.0 Å². The smallest absolute Gasteiger partial charge is 0.165 e. The molecule has 0 heterocycles. The molecule has 1 aromatic carbocycles. The van der Waals surface area contributed by atoms with Crippen molar-refractivity contribution in [2.45, 2.75) is 45.6 Å². The van der Waals surface area contributed by atoms with Gasteiger partial charge in [0.15, 0.2) is 11.6 Å². The summed E-state index contributed by atoms with van der Waals surface area (Å²) in [4.78, 5) is 0. The number of ether oxygens (including phenoxy) is 1. The van der Waals surface area contributed by atoms with Crippen LogP contribution in [0, 0.1) is 17.7 Å². The molecule has 0 aromatic heterocycles. The molecule has 3 heteroatoms. The minimum Gasteiger partial charge on any atom is -0.494 e. The first-order valence-corrected chi connectivity index (χ1v) is 7.46. The van der Waals surface area contributed by atoms with Gasteiger partial charge in [-0.2, -0.15) is 0 Å². The fourth-order valence-corrected chi connectivity index (χ4v) is 2.75. The maximum atomic E-state index is 13.7. The highest BCUT2D eigenvalue weighted by atomic mass is 19.1. The van der Waals surface area contributed by atoms with E-state index in [9.17, 15) is 4.39 Å². The molecule has 0 spiro atoms. The predicted octanol–water partition coefficient (Wildman–Crippen LogP) is 3.79. The molecule has 20 heavy (non-hydrogen) atoms. The standard InChI is InChI=1S/C17H26FNO/c1-17(2,3)19-11-14-7-6-13(14)9-12-5-8-16(20-4)15(18)10-12/h5,8,10,13-14,19H,6-7,9,11H2,1-4H3. The fourth-order valence-electron chi connectivity index (χ4n) is 2.75. The summed E-state index contributed by atoms with van der Waals surface area (Å²) >= 11 is 0. The molecule has 1 aromatic rings. The third kappa shape index (κ3) is 3.95. The van der Waals surface area contributed by atoms with Crippen LogP contribution in [-0.4, -0.2) is 19.2 Å². The largest absolute Gasteiger partial charge is 0.494 e. The molecule has 1 fully saturated rings. The maximum Gasteiger partial charge on any atom is 0.165 e. The highest BCUT2D eigenvalue weighted by Gasteiger charge is 2.31. The average molecular weight is 279 g/mol. The van der Waals surface area contributed by atoms with Gasteiger partial charge in [-0.15, -0.1) is 0 Å². The lowest BCUT2D eigenvalue weighted by molar-refractivity contribution is 0.159. The first kappa shape index (κ1) is 15.3. The van der Waals surface area contributed by atoms with E-state index < -0.39 is 0 Å².